The van der Waals surface area contributed by atoms with E-state index in [1.54, 1.807) is 7.05 Å². The summed E-state index contributed by atoms with van der Waals surface area (Å²) >= 11 is 0. The van der Waals surface area contributed by atoms with E-state index < -0.39 is 0 Å². The van der Waals surface area contributed by atoms with Gasteiger partial charge in [0.1, 0.15) is 0 Å². The maximum atomic E-state index is 5.30. The third-order valence-electron chi connectivity index (χ3n) is 1.27. The zero-order valence-corrected chi connectivity index (χ0v) is 5.67. The van der Waals surface area contributed by atoms with E-state index in [9.17, 15) is 0 Å². The van der Waals surface area contributed by atoms with Crippen LogP contribution < -0.4 is 0 Å². The lowest BCUT2D eigenvalue weighted by molar-refractivity contribution is -0.0812. The first-order chi connectivity index (χ1) is 4.43. The fourth-order valence-electron chi connectivity index (χ4n) is 0.846. The van der Waals surface area contributed by atoms with Crippen molar-refractivity contribution in [3.63, 3.8) is 0 Å². The molecule has 3 heteroatoms. The Balaban J connectivity index is 2.08. The number of nitrogens with zero attached hydrogens (tertiary/aromatic N) is 1. The minimum atomic E-state index is 0.212. The molecule has 1 heterocycles. The molecule has 0 aromatic rings. The van der Waals surface area contributed by atoms with Crippen LogP contribution in [0, 0.1) is 0 Å². The van der Waals surface area contributed by atoms with Crippen LogP contribution in [-0.2, 0) is 9.47 Å². The van der Waals surface area contributed by atoms with Gasteiger partial charge in [0, 0.05) is 0 Å². The van der Waals surface area contributed by atoms with Crippen LogP contribution >= 0.6 is 0 Å². The molecule has 0 radical (unpaired) electrons. The first kappa shape index (κ1) is 6.99. The molecule has 1 aliphatic rings. The van der Waals surface area contributed by atoms with E-state index in [4.69, 9.17) is 9.47 Å². The molecule has 1 fully saturated rings. The van der Waals surface area contributed by atoms with Gasteiger partial charge in [-0.05, 0) is 0 Å². The Labute approximate surface area is 55.3 Å². The van der Waals surface area contributed by atoms with Gasteiger partial charge >= 0.3 is 0 Å². The van der Waals surface area contributed by atoms with E-state index in [1.807, 2.05) is 0 Å². The highest BCUT2D eigenvalue weighted by atomic mass is 16.6. The maximum absolute atomic E-state index is 5.30. The smallest absolute Gasteiger partial charge is 0.0712 e. The molecule has 9 heavy (non-hydrogen) atoms. The lowest BCUT2D eigenvalue weighted by Gasteiger charge is -2.27. The zero-order valence-electron chi connectivity index (χ0n) is 5.67. The van der Waals surface area contributed by atoms with Gasteiger partial charge in [0.05, 0.1) is 25.9 Å². The second-order valence-corrected chi connectivity index (χ2v) is 2.07. The van der Waals surface area contributed by atoms with Crippen molar-refractivity contribution in [2.75, 3.05) is 33.4 Å². The monoisotopic (exact) mass is 130 g/mol. The van der Waals surface area contributed by atoms with Crippen molar-refractivity contribution in [2.24, 2.45) is 0 Å². The standard InChI is InChI=1S/C6H12NO2/c1-7-4-6-5-8-2-3-9-6/h6H,2-5H2,1H3/q-1. The number of likely N-dealkylation sites (N-methyl/N-ethyl adjacent to an activating group) is 1. The van der Waals surface area contributed by atoms with Gasteiger partial charge in [0.15, 0.2) is 0 Å². The Morgan fingerprint density at radius 2 is 2.44 bits per heavy atom. The molecule has 1 saturated heterocycles. The van der Waals surface area contributed by atoms with Crippen LogP contribution in [-0.4, -0.2) is 39.5 Å². The van der Waals surface area contributed by atoms with Gasteiger partial charge in [-0.3, -0.25) is 0 Å². The Kier molecular flexibility index (Phi) is 2.97. The molecule has 0 saturated carbocycles. The Hall–Kier alpha value is -0.120. The van der Waals surface area contributed by atoms with Gasteiger partial charge in [0.2, 0.25) is 0 Å². The highest BCUT2D eigenvalue weighted by Crippen LogP contribution is 2.01. The third-order valence-corrected chi connectivity index (χ3v) is 1.27. The van der Waals surface area contributed by atoms with Crippen LogP contribution in [0.5, 0.6) is 0 Å². The summed E-state index contributed by atoms with van der Waals surface area (Å²) in [5.41, 5.74) is 0. The molecule has 1 aliphatic heterocycles. The van der Waals surface area contributed by atoms with Crippen LogP contribution in [0.4, 0.5) is 0 Å². The molecule has 0 bridgehead atoms. The number of ether oxygens (including phenoxy) is 2. The average Bonchev–Trinajstić information content (AvgIpc) is 1.91. The van der Waals surface area contributed by atoms with Gasteiger partial charge in [-0.2, -0.15) is 7.05 Å². The highest BCUT2D eigenvalue weighted by molar-refractivity contribution is 4.78. The largest absolute Gasteiger partial charge is 0.663 e. The molecule has 0 spiro atoms. The quantitative estimate of drug-likeness (QED) is 0.542. The van der Waals surface area contributed by atoms with E-state index >= 15 is 0 Å². The number of hydrogen-bond donors (Lipinski definition) is 0. The van der Waals surface area contributed by atoms with Crippen molar-refractivity contribution < 1.29 is 9.47 Å². The molecule has 1 atom stereocenters. The summed E-state index contributed by atoms with van der Waals surface area (Å²) < 4.78 is 10.4. The van der Waals surface area contributed by atoms with Gasteiger partial charge < -0.3 is 14.8 Å². The van der Waals surface area contributed by atoms with Gasteiger partial charge in [-0.15, -0.1) is 6.54 Å². The number of rotatable bonds is 2. The minimum absolute atomic E-state index is 0.212. The van der Waals surface area contributed by atoms with Crippen molar-refractivity contribution in [1.29, 1.82) is 0 Å². The number of hydrogen-bond acceptors (Lipinski definition) is 2. The van der Waals surface area contributed by atoms with Crippen LogP contribution in [0.15, 0.2) is 0 Å². The van der Waals surface area contributed by atoms with Crippen molar-refractivity contribution in [1.82, 2.24) is 0 Å². The van der Waals surface area contributed by atoms with Crippen LogP contribution in [0.1, 0.15) is 0 Å². The summed E-state index contributed by atoms with van der Waals surface area (Å²) in [6.45, 7) is 2.93. The Morgan fingerprint density at radius 3 is 3.00 bits per heavy atom. The molecule has 0 N–H and O–H groups in total. The van der Waals surface area contributed by atoms with Crippen LogP contribution in [0.2, 0.25) is 0 Å². The molecule has 1 rings (SSSR count). The molecule has 3 nitrogen and oxygen atoms in total. The highest BCUT2D eigenvalue weighted by Gasteiger charge is 2.08. The van der Waals surface area contributed by atoms with E-state index in [2.05, 4.69) is 5.32 Å². The van der Waals surface area contributed by atoms with Crippen molar-refractivity contribution in [3.8, 4) is 0 Å². The van der Waals surface area contributed by atoms with Crippen molar-refractivity contribution >= 4 is 0 Å². The Bertz CT molecular complexity index is 68.7. The summed E-state index contributed by atoms with van der Waals surface area (Å²) in [5.74, 6) is 0. The van der Waals surface area contributed by atoms with Gasteiger partial charge in [-0.25, -0.2) is 0 Å². The van der Waals surface area contributed by atoms with Crippen molar-refractivity contribution in [2.45, 2.75) is 6.10 Å². The summed E-state index contributed by atoms with van der Waals surface area (Å²) in [6, 6.07) is 0. The van der Waals surface area contributed by atoms with E-state index in [0.717, 1.165) is 19.8 Å². The lowest BCUT2D eigenvalue weighted by Crippen LogP contribution is -2.30. The zero-order chi connectivity index (χ0) is 6.53. The van der Waals surface area contributed by atoms with E-state index in [-0.39, 0.29) is 6.10 Å². The first-order valence-corrected chi connectivity index (χ1v) is 3.18. The SMILES string of the molecule is C[N-]CC1COCCO1. The predicted molar refractivity (Wildman–Crippen MR) is 34.7 cm³/mol. The molecular weight excluding hydrogens is 118 g/mol. The second-order valence-electron chi connectivity index (χ2n) is 2.07. The fourth-order valence-corrected chi connectivity index (χ4v) is 0.846. The lowest BCUT2D eigenvalue weighted by atomic mass is 10.3. The Morgan fingerprint density at radius 1 is 1.56 bits per heavy atom. The molecule has 0 aliphatic carbocycles. The molecule has 0 amide bonds. The first-order valence-electron chi connectivity index (χ1n) is 3.18. The summed E-state index contributed by atoms with van der Waals surface area (Å²) in [4.78, 5) is 0. The van der Waals surface area contributed by atoms with Crippen molar-refractivity contribution in [3.05, 3.63) is 5.32 Å². The summed E-state index contributed by atoms with van der Waals surface area (Å²) in [5, 5.41) is 3.95. The fraction of sp³-hybridized carbons (Fsp3) is 1.00. The average molecular weight is 130 g/mol. The van der Waals surface area contributed by atoms with E-state index in [1.165, 1.54) is 0 Å². The normalized spacial score (nSPS) is 28.3. The second kappa shape index (κ2) is 3.82. The molecule has 54 valence electrons. The molecule has 1 unspecified atom stereocenters. The third kappa shape index (κ3) is 2.30. The van der Waals surface area contributed by atoms with E-state index in [0.29, 0.717) is 6.61 Å². The summed E-state index contributed by atoms with van der Waals surface area (Å²) in [7, 11) is 1.79. The van der Waals surface area contributed by atoms with Crippen LogP contribution in [0.25, 0.3) is 5.32 Å². The van der Waals surface area contributed by atoms with Gasteiger partial charge in [0.25, 0.3) is 0 Å². The van der Waals surface area contributed by atoms with Gasteiger partial charge in [-0.1, -0.05) is 0 Å². The predicted octanol–water partition coefficient (Wildman–Crippen LogP) is 0.405. The van der Waals surface area contributed by atoms with Crippen LogP contribution in [0.3, 0.4) is 0 Å². The maximum Gasteiger partial charge on any atom is 0.0712 e. The topological polar surface area (TPSA) is 32.6 Å². The molecule has 0 aromatic heterocycles. The minimum Gasteiger partial charge on any atom is -0.663 e. The summed E-state index contributed by atoms with van der Waals surface area (Å²) in [6.07, 6.45) is 0.212. The molecule has 0 aromatic carbocycles. The molecular formula is C6H12NO2-.